The molecule has 0 saturated carbocycles. The molecule has 8 aromatic rings. The number of nitrogens with zero attached hydrogens (tertiary/aromatic N) is 3. The van der Waals surface area contributed by atoms with Gasteiger partial charge in [-0.3, -0.25) is 0 Å². The highest BCUT2D eigenvalue weighted by molar-refractivity contribution is 7.03. The van der Waals surface area contributed by atoms with Crippen LogP contribution in [0.15, 0.2) is 140 Å². The molecule has 1 aliphatic carbocycles. The average Bonchev–Trinajstić information content (AvgIpc) is 3.69. The molecule has 234 valence electrons. The molecule has 0 N–H and O–H groups in total. The molecule has 49 heavy (non-hydrogen) atoms. The molecule has 4 heteroatoms. The largest absolute Gasteiger partial charge is 0.309 e. The van der Waals surface area contributed by atoms with Crippen LogP contribution in [0.2, 0.25) is 13.1 Å². The summed E-state index contributed by atoms with van der Waals surface area (Å²) < 4.78 is 2.48. The first kappa shape index (κ1) is 28.4. The highest BCUT2D eigenvalue weighted by Crippen LogP contribution is 2.52. The molecule has 2 aliphatic rings. The first-order valence-corrected chi connectivity index (χ1v) is 20.2. The van der Waals surface area contributed by atoms with E-state index in [0.717, 1.165) is 28.3 Å². The van der Waals surface area contributed by atoms with Crippen molar-refractivity contribution in [2.45, 2.75) is 32.4 Å². The lowest BCUT2D eigenvalue weighted by atomic mass is 9.82. The van der Waals surface area contributed by atoms with Gasteiger partial charge in [-0.2, -0.15) is 0 Å². The molecule has 10 rings (SSSR count). The van der Waals surface area contributed by atoms with Crippen molar-refractivity contribution >= 4 is 40.4 Å². The fraction of sp³-hybridized carbons (Fsp3) is 0.111. The smallest absolute Gasteiger partial charge is 0.159 e. The summed E-state index contributed by atoms with van der Waals surface area (Å²) in [6.45, 7) is 9.56. The number of fused-ring (bicyclic) bond motifs is 10. The zero-order valence-corrected chi connectivity index (χ0v) is 29.1. The second-order valence-corrected chi connectivity index (χ2v) is 18.9. The maximum Gasteiger partial charge on any atom is 0.159 e. The van der Waals surface area contributed by atoms with E-state index in [0.29, 0.717) is 0 Å². The highest BCUT2D eigenvalue weighted by Gasteiger charge is 2.41. The zero-order chi connectivity index (χ0) is 33.1. The summed E-state index contributed by atoms with van der Waals surface area (Å²) in [6.07, 6.45) is 0. The summed E-state index contributed by atoms with van der Waals surface area (Å²) in [5, 5.41) is 5.22. The molecule has 0 saturated heterocycles. The van der Waals surface area contributed by atoms with Gasteiger partial charge in [0.1, 0.15) is 8.07 Å². The first-order valence-electron chi connectivity index (χ1n) is 17.2. The van der Waals surface area contributed by atoms with E-state index in [4.69, 9.17) is 9.97 Å². The van der Waals surface area contributed by atoms with Gasteiger partial charge in [-0.25, -0.2) is 9.97 Å². The fourth-order valence-corrected chi connectivity index (χ4v) is 11.7. The summed E-state index contributed by atoms with van der Waals surface area (Å²) >= 11 is 0. The standard InChI is InChI=1S/C45H35N3Si/c1-45(2)35-19-11-8-17-33(35)39-36(45)27-26-32-31-16-9-12-20-37(31)48(42(32)39)30-24-22-28(23-25-30)41-40-34-18-10-13-21-38(34)49(3,4)44(40)47-43(46-41)29-14-6-5-7-15-29/h5-27H,1-4H3. The van der Waals surface area contributed by atoms with E-state index in [1.54, 1.807) is 0 Å². The zero-order valence-electron chi connectivity index (χ0n) is 28.1. The van der Waals surface area contributed by atoms with Crippen molar-refractivity contribution in [3.63, 3.8) is 0 Å². The number of para-hydroxylation sites is 1. The predicted octanol–water partition coefficient (Wildman–Crippen LogP) is 10.0. The maximum absolute atomic E-state index is 5.33. The molecule has 3 nitrogen and oxygen atoms in total. The van der Waals surface area contributed by atoms with Crippen LogP contribution in [0, 0.1) is 0 Å². The number of hydrogen-bond donors (Lipinski definition) is 0. The third-order valence-electron chi connectivity index (χ3n) is 11.2. The Morgan fingerprint density at radius 3 is 2.06 bits per heavy atom. The van der Waals surface area contributed by atoms with Gasteiger partial charge in [0.15, 0.2) is 5.82 Å². The summed E-state index contributed by atoms with van der Waals surface area (Å²) in [6, 6.07) is 50.9. The van der Waals surface area contributed by atoms with E-state index in [9.17, 15) is 0 Å². The van der Waals surface area contributed by atoms with Crippen LogP contribution in [0.1, 0.15) is 25.0 Å². The van der Waals surface area contributed by atoms with Crippen molar-refractivity contribution in [3.05, 3.63) is 151 Å². The Morgan fingerprint density at radius 2 is 1.24 bits per heavy atom. The summed E-state index contributed by atoms with van der Waals surface area (Å²) in [7, 11) is -2.03. The maximum atomic E-state index is 5.33. The van der Waals surface area contributed by atoms with Gasteiger partial charge < -0.3 is 4.57 Å². The SMILES string of the molecule is CC1(C)c2ccccc2-c2c1ccc1c3ccccc3n(-c3ccc(-c4nc(-c5ccccc5)nc5c4-c4ccccc4[Si]5(C)C)cc3)c21. The van der Waals surface area contributed by atoms with E-state index in [-0.39, 0.29) is 5.41 Å². The van der Waals surface area contributed by atoms with Gasteiger partial charge in [0.05, 0.1) is 16.7 Å². The van der Waals surface area contributed by atoms with E-state index in [2.05, 4.69) is 171 Å². The fourth-order valence-electron chi connectivity index (χ4n) is 8.75. The van der Waals surface area contributed by atoms with E-state index >= 15 is 0 Å². The van der Waals surface area contributed by atoms with Gasteiger partial charge in [-0.1, -0.05) is 148 Å². The molecule has 1 aliphatic heterocycles. The average molecular weight is 646 g/mol. The van der Waals surface area contributed by atoms with Gasteiger partial charge in [0, 0.05) is 49.4 Å². The van der Waals surface area contributed by atoms with Gasteiger partial charge in [0.2, 0.25) is 0 Å². The molecule has 0 amide bonds. The van der Waals surface area contributed by atoms with Gasteiger partial charge in [-0.15, -0.1) is 0 Å². The molecule has 2 aromatic heterocycles. The Kier molecular flexibility index (Phi) is 5.79. The second-order valence-electron chi connectivity index (χ2n) is 14.6. The van der Waals surface area contributed by atoms with Gasteiger partial charge in [-0.05, 0) is 45.6 Å². The molecule has 0 radical (unpaired) electrons. The van der Waals surface area contributed by atoms with E-state index in [1.807, 2.05) is 0 Å². The lowest BCUT2D eigenvalue weighted by Gasteiger charge is -2.21. The molecule has 6 aromatic carbocycles. The van der Waals surface area contributed by atoms with Crippen molar-refractivity contribution in [2.24, 2.45) is 0 Å². The number of benzene rings is 6. The van der Waals surface area contributed by atoms with Crippen LogP contribution in [-0.2, 0) is 5.41 Å². The first-order chi connectivity index (χ1) is 23.8. The third kappa shape index (κ3) is 3.83. The molecule has 0 bridgehead atoms. The quantitative estimate of drug-likeness (QED) is 0.179. The molecule has 0 atom stereocenters. The van der Waals surface area contributed by atoms with Crippen LogP contribution in [-0.4, -0.2) is 22.6 Å². The van der Waals surface area contributed by atoms with Gasteiger partial charge >= 0.3 is 0 Å². The topological polar surface area (TPSA) is 30.7 Å². The molecule has 0 unspecified atom stereocenters. The molecule has 0 fully saturated rings. The number of rotatable bonds is 3. The Hall–Kier alpha value is -5.58. The van der Waals surface area contributed by atoms with Crippen molar-refractivity contribution in [1.29, 1.82) is 0 Å². The molecule has 3 heterocycles. The normalized spacial score (nSPS) is 14.9. The van der Waals surface area contributed by atoms with Crippen molar-refractivity contribution < 1.29 is 0 Å². The third-order valence-corrected chi connectivity index (χ3v) is 14.5. The minimum atomic E-state index is -2.03. The van der Waals surface area contributed by atoms with E-state index < -0.39 is 8.07 Å². The lowest BCUT2D eigenvalue weighted by molar-refractivity contribution is 0.661. The number of hydrogen-bond acceptors (Lipinski definition) is 2. The molecular weight excluding hydrogens is 611 g/mol. The number of aromatic nitrogens is 3. The highest BCUT2D eigenvalue weighted by atomic mass is 28.3. The van der Waals surface area contributed by atoms with Crippen LogP contribution < -0.4 is 10.5 Å². The summed E-state index contributed by atoms with van der Waals surface area (Å²) in [4.78, 5) is 10.6. The predicted molar refractivity (Wildman–Crippen MR) is 207 cm³/mol. The Morgan fingerprint density at radius 1 is 0.551 bits per heavy atom. The second kappa shape index (κ2) is 9.97. The van der Waals surface area contributed by atoms with E-state index in [1.165, 1.54) is 65.7 Å². The molecule has 0 spiro atoms. The lowest BCUT2D eigenvalue weighted by Crippen LogP contribution is -2.50. The van der Waals surface area contributed by atoms with Crippen molar-refractivity contribution in [3.8, 4) is 50.6 Å². The van der Waals surface area contributed by atoms with Crippen LogP contribution in [0.5, 0.6) is 0 Å². The van der Waals surface area contributed by atoms with Crippen molar-refractivity contribution in [1.82, 2.24) is 14.5 Å². The Labute approximate surface area is 287 Å². The van der Waals surface area contributed by atoms with Crippen LogP contribution in [0.4, 0.5) is 0 Å². The summed E-state index contributed by atoms with van der Waals surface area (Å²) in [5.41, 5.74) is 14.7. The van der Waals surface area contributed by atoms with Crippen LogP contribution in [0.3, 0.4) is 0 Å². The van der Waals surface area contributed by atoms with Crippen LogP contribution >= 0.6 is 0 Å². The monoisotopic (exact) mass is 645 g/mol. The Bertz CT molecular complexity index is 2650. The van der Waals surface area contributed by atoms with Gasteiger partial charge in [0.25, 0.3) is 0 Å². The Balaban J connectivity index is 1.22. The minimum absolute atomic E-state index is 0.0670. The molecular formula is C45H35N3Si. The summed E-state index contributed by atoms with van der Waals surface area (Å²) in [5.74, 6) is 0.797. The van der Waals surface area contributed by atoms with Crippen LogP contribution in [0.25, 0.3) is 72.4 Å². The van der Waals surface area contributed by atoms with Crippen molar-refractivity contribution in [2.75, 3.05) is 0 Å². The minimum Gasteiger partial charge on any atom is -0.309 e.